The average molecular weight is 372 g/mol. The lowest BCUT2D eigenvalue weighted by atomic mass is 9.91. The monoisotopic (exact) mass is 371 g/mol. The number of halogens is 1. The summed E-state index contributed by atoms with van der Waals surface area (Å²) in [5, 5.41) is 12.7. The van der Waals surface area contributed by atoms with Crippen LogP contribution in [0.5, 0.6) is 5.75 Å². The van der Waals surface area contributed by atoms with Crippen molar-refractivity contribution in [3.63, 3.8) is 0 Å². The number of allylic oxidation sites excluding steroid dienone is 2. The SMILES string of the molecule is Cn1cc2c3c1C(=O)C(NCCc1ccc(O)cc1)=CC3=[N+](C)CC2.[Cl-]. The van der Waals surface area contributed by atoms with E-state index in [9.17, 15) is 9.90 Å². The van der Waals surface area contributed by atoms with Crippen molar-refractivity contribution in [2.75, 3.05) is 20.1 Å². The van der Waals surface area contributed by atoms with E-state index in [1.807, 2.05) is 29.8 Å². The molecule has 1 aromatic heterocycles. The van der Waals surface area contributed by atoms with Crippen LogP contribution in [0, 0.1) is 0 Å². The van der Waals surface area contributed by atoms with Crippen LogP contribution in [0.3, 0.4) is 0 Å². The molecule has 2 aromatic rings. The van der Waals surface area contributed by atoms with Crippen LogP contribution in [0.4, 0.5) is 0 Å². The molecule has 0 fully saturated rings. The van der Waals surface area contributed by atoms with Gasteiger partial charge in [0.2, 0.25) is 11.5 Å². The molecule has 2 N–H and O–H groups in total. The highest BCUT2D eigenvalue weighted by molar-refractivity contribution is 6.24. The minimum Gasteiger partial charge on any atom is -1.00 e. The lowest BCUT2D eigenvalue weighted by Gasteiger charge is -2.19. The predicted octanol–water partition coefficient (Wildman–Crippen LogP) is -1.37. The number of hydrogen-bond acceptors (Lipinski definition) is 3. The average Bonchev–Trinajstić information content (AvgIpc) is 2.93. The number of hydrogen-bond donors (Lipinski definition) is 2. The molecule has 0 spiro atoms. The highest BCUT2D eigenvalue weighted by Gasteiger charge is 2.36. The van der Waals surface area contributed by atoms with E-state index in [4.69, 9.17) is 0 Å². The third-order valence-electron chi connectivity index (χ3n) is 5.05. The van der Waals surface area contributed by atoms with Crippen molar-refractivity contribution < 1.29 is 26.9 Å². The lowest BCUT2D eigenvalue weighted by Crippen LogP contribution is -3.00. The Balaban J connectivity index is 0.00000196. The maximum Gasteiger partial charge on any atom is 0.226 e. The van der Waals surface area contributed by atoms with Crippen LogP contribution in [0.15, 0.2) is 42.2 Å². The predicted molar refractivity (Wildman–Crippen MR) is 96.5 cm³/mol. The number of aromatic hydroxyl groups is 1. The Kier molecular flexibility index (Phi) is 4.92. The van der Waals surface area contributed by atoms with Gasteiger partial charge in [0.05, 0.1) is 11.3 Å². The largest absolute Gasteiger partial charge is 1.00 e. The fourth-order valence-corrected chi connectivity index (χ4v) is 3.69. The summed E-state index contributed by atoms with van der Waals surface area (Å²) in [6.45, 7) is 1.64. The van der Waals surface area contributed by atoms with Crippen LogP contribution >= 0.6 is 0 Å². The lowest BCUT2D eigenvalue weighted by molar-refractivity contribution is -0.497. The summed E-state index contributed by atoms with van der Waals surface area (Å²) in [4.78, 5) is 12.9. The zero-order valence-corrected chi connectivity index (χ0v) is 15.7. The summed E-state index contributed by atoms with van der Waals surface area (Å²) >= 11 is 0. The van der Waals surface area contributed by atoms with Gasteiger partial charge in [-0.3, -0.25) is 4.79 Å². The molecule has 0 amide bonds. The molecule has 0 radical (unpaired) electrons. The number of Topliss-reactive ketones (excluding diaryl/α,β-unsaturated/α-hetero) is 1. The Morgan fingerprint density at radius 1 is 1.27 bits per heavy atom. The first-order chi connectivity index (χ1) is 12.0. The second-order valence-electron chi connectivity index (χ2n) is 6.78. The number of phenolic OH excluding ortho intramolecular Hbond substituents is 1. The molecule has 1 aromatic carbocycles. The minimum atomic E-state index is 0. The smallest absolute Gasteiger partial charge is 0.226 e. The minimum absolute atomic E-state index is 0. The Bertz CT molecular complexity index is 923. The van der Waals surface area contributed by atoms with Crippen molar-refractivity contribution in [2.24, 2.45) is 7.05 Å². The van der Waals surface area contributed by atoms with Gasteiger partial charge in [0.15, 0.2) is 0 Å². The Morgan fingerprint density at radius 3 is 2.73 bits per heavy atom. The van der Waals surface area contributed by atoms with Crippen LogP contribution in [0.1, 0.15) is 27.2 Å². The third kappa shape index (κ3) is 3.03. The van der Waals surface area contributed by atoms with Gasteiger partial charge in [-0.2, -0.15) is 0 Å². The first-order valence-corrected chi connectivity index (χ1v) is 8.59. The van der Waals surface area contributed by atoms with Crippen molar-refractivity contribution in [3.8, 4) is 5.75 Å². The van der Waals surface area contributed by atoms with E-state index >= 15 is 0 Å². The topological polar surface area (TPSA) is 57.3 Å². The molecule has 0 saturated carbocycles. The second kappa shape index (κ2) is 7.00. The summed E-state index contributed by atoms with van der Waals surface area (Å²) in [6, 6.07) is 7.18. The summed E-state index contributed by atoms with van der Waals surface area (Å²) in [5.74, 6) is 0.333. The molecule has 0 unspecified atom stereocenters. The van der Waals surface area contributed by atoms with Crippen molar-refractivity contribution >= 4 is 11.5 Å². The standard InChI is InChI=1S/C20H21N3O2.ClH/c1-22-10-8-14-12-23(2)19-18(14)17(22)11-16(20(19)25)21-9-7-13-3-5-15(24)6-4-13;/h3-6,11-12,24H,7-10H2,1-2H3;1H. The molecule has 6 heteroatoms. The highest BCUT2D eigenvalue weighted by atomic mass is 35.5. The van der Waals surface area contributed by atoms with Crippen LogP contribution in [0.25, 0.3) is 0 Å². The van der Waals surface area contributed by atoms with Gasteiger partial charge >= 0.3 is 0 Å². The number of aryl methyl sites for hydroxylation is 1. The Hall–Kier alpha value is -2.53. The molecule has 1 aliphatic carbocycles. The van der Waals surface area contributed by atoms with Crippen LogP contribution in [-0.2, 0) is 19.9 Å². The van der Waals surface area contributed by atoms with Gasteiger partial charge in [0, 0.05) is 32.3 Å². The van der Waals surface area contributed by atoms with E-state index in [0.29, 0.717) is 12.2 Å². The zero-order chi connectivity index (χ0) is 17.6. The molecule has 0 atom stereocenters. The zero-order valence-electron chi connectivity index (χ0n) is 14.9. The van der Waals surface area contributed by atoms with Gasteiger partial charge in [-0.25, -0.2) is 4.58 Å². The molecular formula is C20H22ClN3O2. The number of likely N-dealkylation sites (N-methyl/N-ethyl adjacent to an activating group) is 1. The number of phenols is 1. The van der Waals surface area contributed by atoms with E-state index in [0.717, 1.165) is 41.9 Å². The number of nitrogens with zero attached hydrogens (tertiary/aromatic N) is 2. The van der Waals surface area contributed by atoms with E-state index < -0.39 is 0 Å². The number of benzene rings is 1. The molecule has 26 heavy (non-hydrogen) atoms. The first-order valence-electron chi connectivity index (χ1n) is 8.59. The fourth-order valence-electron chi connectivity index (χ4n) is 3.69. The third-order valence-corrected chi connectivity index (χ3v) is 5.05. The molecule has 2 aliphatic rings. The normalized spacial score (nSPS) is 15.3. The number of aromatic nitrogens is 1. The van der Waals surface area contributed by atoms with Crippen LogP contribution in [-0.4, -0.2) is 45.9 Å². The van der Waals surface area contributed by atoms with Gasteiger partial charge < -0.3 is 27.4 Å². The van der Waals surface area contributed by atoms with Gasteiger partial charge in [-0.1, -0.05) is 12.1 Å². The number of carbonyl (C=O) groups is 1. The van der Waals surface area contributed by atoms with E-state index in [1.165, 1.54) is 5.56 Å². The molecule has 136 valence electrons. The second-order valence-corrected chi connectivity index (χ2v) is 6.78. The maximum atomic E-state index is 12.9. The molecule has 1 aliphatic heterocycles. The number of carbonyl (C=O) groups excluding carboxylic acids is 1. The highest BCUT2D eigenvalue weighted by Crippen LogP contribution is 2.28. The Labute approximate surface area is 159 Å². The van der Waals surface area contributed by atoms with E-state index in [-0.39, 0.29) is 23.9 Å². The number of nitrogens with one attached hydrogen (secondary N) is 1. The quantitative estimate of drug-likeness (QED) is 0.652. The number of ketones is 1. The van der Waals surface area contributed by atoms with Gasteiger partial charge in [0.25, 0.3) is 0 Å². The molecule has 0 bridgehead atoms. The summed E-state index contributed by atoms with van der Waals surface area (Å²) in [7, 11) is 4.03. The number of rotatable bonds is 4. The van der Waals surface area contributed by atoms with E-state index in [1.54, 1.807) is 12.1 Å². The van der Waals surface area contributed by atoms with Crippen molar-refractivity contribution in [1.29, 1.82) is 0 Å². The molecule has 0 saturated heterocycles. The summed E-state index contributed by atoms with van der Waals surface area (Å²) < 4.78 is 4.18. The maximum absolute atomic E-state index is 12.9. The summed E-state index contributed by atoms with van der Waals surface area (Å²) in [6.07, 6.45) is 5.85. The van der Waals surface area contributed by atoms with E-state index in [2.05, 4.69) is 23.1 Å². The summed E-state index contributed by atoms with van der Waals surface area (Å²) in [5.41, 5.74) is 6.06. The van der Waals surface area contributed by atoms with Gasteiger partial charge in [-0.15, -0.1) is 0 Å². The first kappa shape index (κ1) is 18.3. The van der Waals surface area contributed by atoms with Crippen molar-refractivity contribution in [2.45, 2.75) is 12.8 Å². The molecule has 5 nitrogen and oxygen atoms in total. The Morgan fingerprint density at radius 2 is 2.00 bits per heavy atom. The fraction of sp³-hybridized carbons (Fsp3) is 0.300. The molecule has 4 rings (SSSR count). The van der Waals surface area contributed by atoms with Crippen LogP contribution < -0.4 is 17.7 Å². The van der Waals surface area contributed by atoms with Crippen LogP contribution in [0.2, 0.25) is 0 Å². The molecule has 2 heterocycles. The molecular weight excluding hydrogens is 350 g/mol. The van der Waals surface area contributed by atoms with Gasteiger partial charge in [0.1, 0.15) is 25.0 Å². The van der Waals surface area contributed by atoms with Gasteiger partial charge in [-0.05, 0) is 29.7 Å². The van der Waals surface area contributed by atoms with Crippen molar-refractivity contribution in [3.05, 3.63) is 64.6 Å². The van der Waals surface area contributed by atoms with Crippen molar-refractivity contribution in [1.82, 2.24) is 9.88 Å².